The molecule has 0 radical (unpaired) electrons. The number of nitrogen functional groups attached to an aromatic ring is 1. The van der Waals surface area contributed by atoms with Crippen molar-refractivity contribution in [2.75, 3.05) is 31.9 Å². The summed E-state index contributed by atoms with van der Waals surface area (Å²) in [5.74, 6) is 0.800. The number of nitrogens with zero attached hydrogens (tertiary/aromatic N) is 4. The Morgan fingerprint density at radius 3 is 2.51 bits per heavy atom. The number of hydrogen-bond acceptors (Lipinski definition) is 7. The van der Waals surface area contributed by atoms with E-state index in [0.29, 0.717) is 48.8 Å². The van der Waals surface area contributed by atoms with Crippen molar-refractivity contribution in [2.45, 2.75) is 19.1 Å². The van der Waals surface area contributed by atoms with Gasteiger partial charge in [0.25, 0.3) is 5.91 Å². The fourth-order valence-electron chi connectivity index (χ4n) is 5.10. The van der Waals surface area contributed by atoms with Crippen LogP contribution >= 0.6 is 0 Å². The topological polar surface area (TPSA) is 102 Å². The predicted octanol–water partition coefficient (Wildman–Crippen LogP) is 3.62. The first-order valence-electron chi connectivity index (χ1n) is 12.5. The van der Waals surface area contributed by atoms with E-state index in [1.165, 1.54) is 0 Å². The second-order valence-corrected chi connectivity index (χ2v) is 9.49. The number of aromatic nitrogens is 2. The van der Waals surface area contributed by atoms with Crippen molar-refractivity contribution < 1.29 is 14.3 Å². The molecular weight excluding hydrogens is 466 g/mol. The van der Waals surface area contributed by atoms with Crippen molar-refractivity contribution in [3.8, 4) is 0 Å². The molecular formula is C29H27N5O3. The number of amides is 1. The Hall–Kier alpha value is -4.30. The number of para-hydroxylation sites is 1. The molecule has 2 aliphatic rings. The van der Waals surface area contributed by atoms with Gasteiger partial charge in [0.05, 0.1) is 17.6 Å². The monoisotopic (exact) mass is 493 g/mol. The zero-order valence-corrected chi connectivity index (χ0v) is 20.3. The number of piperazine rings is 1. The number of hydrogen-bond donors (Lipinski definition) is 1. The van der Waals surface area contributed by atoms with Gasteiger partial charge in [-0.2, -0.15) is 0 Å². The number of carbonyl (C=O) groups excluding carboxylic acids is 2. The molecule has 4 aromatic rings. The zero-order valence-electron chi connectivity index (χ0n) is 20.3. The van der Waals surface area contributed by atoms with Gasteiger partial charge in [0, 0.05) is 43.5 Å². The molecule has 1 saturated heterocycles. The summed E-state index contributed by atoms with van der Waals surface area (Å²) in [7, 11) is 0. The van der Waals surface area contributed by atoms with E-state index in [4.69, 9.17) is 10.5 Å². The molecule has 0 bridgehead atoms. The highest BCUT2D eigenvalue weighted by molar-refractivity contribution is 5.98. The van der Waals surface area contributed by atoms with Crippen molar-refractivity contribution in [2.24, 2.45) is 0 Å². The lowest BCUT2D eigenvalue weighted by atomic mass is 9.93. The van der Waals surface area contributed by atoms with E-state index in [-0.39, 0.29) is 18.0 Å². The number of benzene rings is 3. The van der Waals surface area contributed by atoms with E-state index in [0.717, 1.165) is 35.1 Å². The highest BCUT2D eigenvalue weighted by Gasteiger charge is 2.29. The van der Waals surface area contributed by atoms with Crippen LogP contribution in [0.25, 0.3) is 10.9 Å². The van der Waals surface area contributed by atoms with Gasteiger partial charge in [0.15, 0.2) is 0 Å². The zero-order chi connectivity index (χ0) is 25.4. The fourth-order valence-corrected chi connectivity index (χ4v) is 5.10. The van der Waals surface area contributed by atoms with Crippen molar-refractivity contribution in [1.82, 2.24) is 19.8 Å². The lowest BCUT2D eigenvalue weighted by Crippen LogP contribution is -2.48. The van der Waals surface area contributed by atoms with E-state index in [1.807, 2.05) is 65.6 Å². The van der Waals surface area contributed by atoms with Gasteiger partial charge in [-0.3, -0.25) is 9.69 Å². The number of nitrogens with two attached hydrogens (primary N) is 1. The number of carbonyl (C=O) groups is 2. The molecule has 1 amide bonds. The maximum atomic E-state index is 13.3. The Morgan fingerprint density at radius 1 is 0.946 bits per heavy atom. The lowest BCUT2D eigenvalue weighted by Gasteiger charge is -2.34. The van der Waals surface area contributed by atoms with Crippen LogP contribution in [0.3, 0.4) is 0 Å². The van der Waals surface area contributed by atoms with Gasteiger partial charge in [-0.15, -0.1) is 0 Å². The molecule has 2 N–H and O–H groups in total. The summed E-state index contributed by atoms with van der Waals surface area (Å²) in [4.78, 5) is 39.2. The van der Waals surface area contributed by atoms with Crippen LogP contribution in [0.15, 0.2) is 72.8 Å². The first-order valence-corrected chi connectivity index (χ1v) is 12.5. The fraction of sp³-hybridized carbons (Fsp3) is 0.241. The lowest BCUT2D eigenvalue weighted by molar-refractivity contribution is 0.0252. The normalized spacial score (nSPS) is 17.9. The smallest absolute Gasteiger partial charge is 0.339 e. The summed E-state index contributed by atoms with van der Waals surface area (Å²) in [6, 6.07) is 22.7. The number of ether oxygens (including phenoxy) is 1. The minimum absolute atomic E-state index is 0.0242. The van der Waals surface area contributed by atoms with Crippen molar-refractivity contribution in [3.05, 3.63) is 101 Å². The largest absolute Gasteiger partial charge is 0.454 e. The first kappa shape index (κ1) is 23.1. The van der Waals surface area contributed by atoms with Crippen LogP contribution in [0.5, 0.6) is 0 Å². The quantitative estimate of drug-likeness (QED) is 0.433. The molecule has 8 nitrogen and oxygen atoms in total. The summed E-state index contributed by atoms with van der Waals surface area (Å²) >= 11 is 0. The third-order valence-electron chi connectivity index (χ3n) is 7.10. The molecule has 1 atom stereocenters. The number of esters is 1. The average molecular weight is 494 g/mol. The van der Waals surface area contributed by atoms with E-state index in [9.17, 15) is 9.59 Å². The molecule has 6 rings (SSSR count). The highest BCUT2D eigenvalue weighted by Crippen LogP contribution is 2.31. The molecule has 0 saturated carbocycles. The summed E-state index contributed by atoms with van der Waals surface area (Å²) in [6.45, 7) is 3.23. The molecule has 2 aliphatic heterocycles. The molecule has 0 aliphatic carbocycles. The molecule has 37 heavy (non-hydrogen) atoms. The maximum Gasteiger partial charge on any atom is 0.339 e. The van der Waals surface area contributed by atoms with Crippen molar-refractivity contribution >= 4 is 28.6 Å². The van der Waals surface area contributed by atoms with E-state index >= 15 is 0 Å². The average Bonchev–Trinajstić information content (AvgIpc) is 2.93. The summed E-state index contributed by atoms with van der Waals surface area (Å²) in [6.07, 6.45) is 0.205. The maximum absolute atomic E-state index is 13.3. The van der Waals surface area contributed by atoms with Gasteiger partial charge in [0.1, 0.15) is 17.7 Å². The Labute approximate surface area is 214 Å². The Kier molecular flexibility index (Phi) is 6.02. The van der Waals surface area contributed by atoms with E-state index in [1.54, 1.807) is 12.1 Å². The van der Waals surface area contributed by atoms with Crippen LogP contribution in [0.4, 0.5) is 5.82 Å². The third-order valence-corrected chi connectivity index (χ3v) is 7.10. The second kappa shape index (κ2) is 9.63. The molecule has 1 fully saturated rings. The minimum atomic E-state index is -0.348. The third kappa shape index (κ3) is 4.63. The standard InChI is InChI=1S/C29H27N5O3/c30-27-23-8-4-5-9-24(23)31-26(32-27)18-33-12-14-34(15-13-33)28(35)20-10-11-22-21(16-20)17-25(37-29(22)36)19-6-2-1-3-7-19/h1-11,16,25H,12-15,17-18H2,(H2,30,31,32). The first-order chi connectivity index (χ1) is 18.0. The number of anilines is 1. The molecule has 186 valence electrons. The summed E-state index contributed by atoms with van der Waals surface area (Å²) in [5.41, 5.74) is 9.90. The Morgan fingerprint density at radius 2 is 1.70 bits per heavy atom. The molecule has 0 spiro atoms. The Bertz CT molecular complexity index is 1480. The second-order valence-electron chi connectivity index (χ2n) is 9.49. The van der Waals surface area contributed by atoms with Gasteiger partial charge < -0.3 is 15.4 Å². The van der Waals surface area contributed by atoms with Gasteiger partial charge in [-0.25, -0.2) is 14.8 Å². The highest BCUT2D eigenvalue weighted by atomic mass is 16.5. The molecule has 1 unspecified atom stereocenters. The van der Waals surface area contributed by atoms with E-state index in [2.05, 4.69) is 14.9 Å². The van der Waals surface area contributed by atoms with Crippen LogP contribution in [-0.2, 0) is 17.7 Å². The van der Waals surface area contributed by atoms with Crippen molar-refractivity contribution in [1.29, 1.82) is 0 Å². The van der Waals surface area contributed by atoms with Gasteiger partial charge in [0.2, 0.25) is 0 Å². The van der Waals surface area contributed by atoms with Crippen LogP contribution in [0, 0.1) is 0 Å². The van der Waals surface area contributed by atoms with Crippen LogP contribution in [0.2, 0.25) is 0 Å². The number of fused-ring (bicyclic) bond motifs is 2. The predicted molar refractivity (Wildman–Crippen MR) is 140 cm³/mol. The SMILES string of the molecule is Nc1nc(CN2CCN(C(=O)c3ccc4c(c3)CC(c3ccccc3)OC4=O)CC2)nc2ccccc12. The van der Waals surface area contributed by atoms with Gasteiger partial charge in [-0.1, -0.05) is 42.5 Å². The molecule has 1 aromatic heterocycles. The summed E-state index contributed by atoms with van der Waals surface area (Å²) in [5, 5.41) is 0.857. The number of cyclic esters (lactones) is 1. The minimum Gasteiger partial charge on any atom is -0.454 e. The molecule has 8 heteroatoms. The van der Waals surface area contributed by atoms with Crippen LogP contribution in [0.1, 0.15) is 43.8 Å². The molecule has 3 aromatic carbocycles. The van der Waals surface area contributed by atoms with Gasteiger partial charge in [-0.05, 0) is 41.5 Å². The Balaban J connectivity index is 1.12. The summed E-state index contributed by atoms with van der Waals surface area (Å²) < 4.78 is 5.65. The number of rotatable bonds is 4. The van der Waals surface area contributed by atoms with Crippen LogP contribution in [-0.4, -0.2) is 57.8 Å². The van der Waals surface area contributed by atoms with E-state index < -0.39 is 0 Å². The van der Waals surface area contributed by atoms with Crippen LogP contribution < -0.4 is 5.73 Å². The van der Waals surface area contributed by atoms with Gasteiger partial charge >= 0.3 is 5.97 Å². The molecule has 3 heterocycles. The van der Waals surface area contributed by atoms with Crippen molar-refractivity contribution in [3.63, 3.8) is 0 Å².